The molecule has 1 saturated carbocycles. The molecule has 0 aliphatic heterocycles. The minimum atomic E-state index is 0. The van der Waals surface area contributed by atoms with Gasteiger partial charge in [0, 0.05) is 1.43 Å². The van der Waals surface area contributed by atoms with Crippen molar-refractivity contribution in [1.82, 2.24) is 0 Å². The first-order valence-electron chi connectivity index (χ1n) is 13.5. The van der Waals surface area contributed by atoms with E-state index in [0.717, 1.165) is 23.7 Å². The van der Waals surface area contributed by atoms with Crippen molar-refractivity contribution < 1.29 is 1.43 Å². The maximum atomic E-state index is 2.37. The predicted molar refractivity (Wildman–Crippen MR) is 148 cm³/mol. The zero-order chi connectivity index (χ0) is 23.9. The summed E-state index contributed by atoms with van der Waals surface area (Å²) in [6.45, 7) is 18.0. The molecule has 0 nitrogen and oxygen atoms in total. The Morgan fingerprint density at radius 2 is 0.812 bits per heavy atom. The topological polar surface area (TPSA) is 0 Å². The van der Waals surface area contributed by atoms with Crippen LogP contribution in [0, 0.1) is 37.5 Å². The van der Waals surface area contributed by atoms with Gasteiger partial charge in [-0.3, -0.25) is 0 Å². The van der Waals surface area contributed by atoms with Crippen LogP contribution >= 0.6 is 0 Å². The predicted octanol–water partition coefficient (Wildman–Crippen LogP) is 10.9. The van der Waals surface area contributed by atoms with Gasteiger partial charge < -0.3 is 0 Å². The van der Waals surface area contributed by atoms with Crippen molar-refractivity contribution in [1.29, 1.82) is 0 Å². The van der Waals surface area contributed by atoms with Gasteiger partial charge in [-0.2, -0.15) is 0 Å². The Bertz CT molecular complexity index is 599. The van der Waals surface area contributed by atoms with Crippen LogP contribution in [0.2, 0.25) is 0 Å². The highest BCUT2D eigenvalue weighted by molar-refractivity contribution is 5.19. The molecule has 0 spiro atoms. The first-order chi connectivity index (χ1) is 15.2. The minimum Gasteiger partial charge on any atom is -0.0853 e. The van der Waals surface area contributed by atoms with Crippen LogP contribution in [0.5, 0.6) is 0 Å². The molecule has 0 radical (unpaired) electrons. The zero-order valence-electron chi connectivity index (χ0n) is 22.8. The third kappa shape index (κ3) is 14.7. The molecular weight excluding hydrogens is 384 g/mol. The van der Waals surface area contributed by atoms with Gasteiger partial charge in [-0.25, -0.2) is 0 Å². The van der Waals surface area contributed by atoms with Gasteiger partial charge in [0.15, 0.2) is 0 Å². The summed E-state index contributed by atoms with van der Waals surface area (Å²) in [7, 11) is 0. The molecule has 0 bridgehead atoms. The highest BCUT2D eigenvalue weighted by atomic mass is 14.2. The van der Waals surface area contributed by atoms with Crippen LogP contribution < -0.4 is 0 Å². The summed E-state index contributed by atoms with van der Waals surface area (Å²) in [6.07, 6.45) is 18.7. The molecule has 1 aromatic rings. The summed E-state index contributed by atoms with van der Waals surface area (Å²) >= 11 is 0. The molecule has 32 heavy (non-hydrogen) atoms. The second kappa shape index (κ2) is 16.3. The van der Waals surface area contributed by atoms with E-state index in [1.165, 1.54) is 75.3 Å². The van der Waals surface area contributed by atoms with Crippen molar-refractivity contribution in [3.05, 3.63) is 58.7 Å². The van der Waals surface area contributed by atoms with Crippen LogP contribution in [0.25, 0.3) is 0 Å². The molecule has 2 atom stereocenters. The van der Waals surface area contributed by atoms with Crippen LogP contribution in [0.1, 0.15) is 118 Å². The lowest BCUT2D eigenvalue weighted by Gasteiger charge is -2.22. The van der Waals surface area contributed by atoms with Gasteiger partial charge in [-0.1, -0.05) is 112 Å². The summed E-state index contributed by atoms with van der Waals surface area (Å²) in [5.74, 6) is 3.93. The molecule has 0 N–H and O–H groups in total. The third-order valence-electron chi connectivity index (χ3n) is 7.32. The second-order valence-corrected chi connectivity index (χ2v) is 11.4. The minimum absolute atomic E-state index is 0. The number of allylic oxidation sites excluding steroid dienone is 4. The monoisotopic (exact) mass is 440 g/mol. The average molecular weight is 441 g/mol. The second-order valence-electron chi connectivity index (χ2n) is 11.4. The van der Waals surface area contributed by atoms with Crippen molar-refractivity contribution >= 4 is 0 Å². The molecule has 0 heterocycles. The Morgan fingerprint density at radius 3 is 1.03 bits per heavy atom. The van der Waals surface area contributed by atoms with Crippen molar-refractivity contribution in [3.8, 4) is 0 Å². The molecule has 0 amide bonds. The molecule has 0 aromatic heterocycles. The van der Waals surface area contributed by atoms with Gasteiger partial charge in [0.05, 0.1) is 0 Å². The molecule has 0 saturated heterocycles. The Kier molecular flexibility index (Phi) is 14.7. The van der Waals surface area contributed by atoms with Gasteiger partial charge in [-0.15, -0.1) is 0 Å². The molecule has 4 rings (SSSR count). The maximum absolute atomic E-state index is 2.37. The van der Waals surface area contributed by atoms with Gasteiger partial charge in [-0.05, 0) is 89.9 Å². The van der Waals surface area contributed by atoms with E-state index in [2.05, 4.69) is 91.8 Å². The molecule has 3 aliphatic rings. The third-order valence-corrected chi connectivity index (χ3v) is 7.32. The fraction of sp³-hybridized carbons (Fsp3) is 0.688. The molecule has 1 fully saturated rings. The largest absolute Gasteiger partial charge is 0.0853 e. The summed E-state index contributed by atoms with van der Waals surface area (Å²) in [5, 5.41) is 0. The van der Waals surface area contributed by atoms with Crippen LogP contribution in [0.15, 0.2) is 47.6 Å². The van der Waals surface area contributed by atoms with Gasteiger partial charge >= 0.3 is 0 Å². The van der Waals surface area contributed by atoms with Crippen LogP contribution in [0.3, 0.4) is 0 Å². The van der Waals surface area contributed by atoms with E-state index in [1.54, 1.807) is 11.1 Å². The first kappa shape index (κ1) is 28.7. The van der Waals surface area contributed by atoms with E-state index in [0.29, 0.717) is 0 Å². The fourth-order valence-electron chi connectivity index (χ4n) is 4.26. The van der Waals surface area contributed by atoms with E-state index < -0.39 is 0 Å². The summed E-state index contributed by atoms with van der Waals surface area (Å²) < 4.78 is 0. The number of aryl methyl sites for hydroxylation is 2. The van der Waals surface area contributed by atoms with Crippen LogP contribution in [-0.4, -0.2) is 0 Å². The highest BCUT2D eigenvalue weighted by Crippen LogP contribution is 2.27. The maximum Gasteiger partial charge on any atom is 0 e. The zero-order valence-corrected chi connectivity index (χ0v) is 22.8. The van der Waals surface area contributed by atoms with Crippen molar-refractivity contribution in [2.24, 2.45) is 23.7 Å². The van der Waals surface area contributed by atoms with Crippen LogP contribution in [0.4, 0.5) is 0 Å². The highest BCUT2D eigenvalue weighted by Gasteiger charge is 2.13. The summed E-state index contributed by atoms with van der Waals surface area (Å²) in [4.78, 5) is 0. The van der Waals surface area contributed by atoms with E-state index in [-0.39, 0.29) is 1.43 Å². The molecule has 0 heteroatoms. The smallest absolute Gasteiger partial charge is 0 e. The Morgan fingerprint density at radius 1 is 0.500 bits per heavy atom. The molecular formula is C32H56. The average Bonchev–Trinajstić information content (AvgIpc) is 2.78. The molecule has 184 valence electrons. The van der Waals surface area contributed by atoms with Gasteiger partial charge in [0.25, 0.3) is 0 Å². The van der Waals surface area contributed by atoms with Gasteiger partial charge in [0.1, 0.15) is 0 Å². The Labute approximate surface area is 203 Å². The normalized spacial score (nSPS) is 27.1. The van der Waals surface area contributed by atoms with E-state index >= 15 is 0 Å². The summed E-state index contributed by atoms with van der Waals surface area (Å²) in [5.41, 5.74) is 5.83. The van der Waals surface area contributed by atoms with Crippen LogP contribution in [-0.2, 0) is 0 Å². The molecule has 3 aliphatic carbocycles. The van der Waals surface area contributed by atoms with E-state index in [4.69, 9.17) is 0 Å². The molecule has 2 unspecified atom stereocenters. The standard InChI is InChI=1S/C8H16.2C8H14.C8H10.H2/c4*1-7-3-5-8(2)6-4-7;/h7-8H,3-6H2,1-2H3;2*3,8H,4-6H2,1-2H3;3-6H,1-2H3;1H. The Balaban J connectivity index is 0.000000410. The fourth-order valence-corrected chi connectivity index (χ4v) is 4.26. The SMILES string of the molecule is CC1=CCC(C)CC1.CC1=CCC(C)CC1.CC1CCC(C)CC1.Cc1ccc(C)cc1.[HH]. The van der Waals surface area contributed by atoms with E-state index in [1.807, 2.05) is 0 Å². The number of rotatable bonds is 0. The lowest BCUT2D eigenvalue weighted by atomic mass is 9.84. The van der Waals surface area contributed by atoms with Crippen molar-refractivity contribution in [2.45, 2.75) is 120 Å². The first-order valence-corrected chi connectivity index (χ1v) is 13.5. The molecule has 1 aromatic carbocycles. The van der Waals surface area contributed by atoms with Gasteiger partial charge in [0.2, 0.25) is 0 Å². The number of benzene rings is 1. The quantitative estimate of drug-likeness (QED) is 0.352. The lowest BCUT2D eigenvalue weighted by molar-refractivity contribution is 0.308. The van der Waals surface area contributed by atoms with Crippen molar-refractivity contribution in [3.63, 3.8) is 0 Å². The summed E-state index contributed by atoms with van der Waals surface area (Å²) in [6, 6.07) is 8.48. The van der Waals surface area contributed by atoms with Crippen molar-refractivity contribution in [2.75, 3.05) is 0 Å². The number of hydrogen-bond acceptors (Lipinski definition) is 0. The Hall–Kier alpha value is -1.30. The lowest BCUT2D eigenvalue weighted by Crippen LogP contribution is -2.08. The van der Waals surface area contributed by atoms with E-state index in [9.17, 15) is 0 Å². The number of hydrogen-bond donors (Lipinski definition) is 0.